The Labute approximate surface area is 116 Å². The first kappa shape index (κ1) is 13.3. The van der Waals surface area contributed by atoms with Crippen LogP contribution >= 0.6 is 0 Å². The smallest absolute Gasteiger partial charge is 0.163 e. The summed E-state index contributed by atoms with van der Waals surface area (Å²) >= 11 is 0. The van der Waals surface area contributed by atoms with E-state index in [1.165, 1.54) is 6.20 Å². The fourth-order valence-corrected chi connectivity index (χ4v) is 1.80. The number of nitrogens with zero attached hydrogens (tertiary/aromatic N) is 5. The zero-order valence-electron chi connectivity index (χ0n) is 11.1. The van der Waals surface area contributed by atoms with E-state index < -0.39 is 0 Å². The molecule has 20 heavy (non-hydrogen) atoms. The number of aromatic nitrogens is 3. The first-order chi connectivity index (χ1) is 9.67. The van der Waals surface area contributed by atoms with Crippen molar-refractivity contribution in [1.82, 2.24) is 14.8 Å². The molecular weight excluding hydrogens is 252 g/mol. The van der Waals surface area contributed by atoms with Gasteiger partial charge in [0.1, 0.15) is 24.0 Å². The second-order valence-corrected chi connectivity index (χ2v) is 4.17. The van der Waals surface area contributed by atoms with Crippen LogP contribution in [0.25, 0.3) is 11.4 Å². The lowest BCUT2D eigenvalue weighted by molar-refractivity contribution is 0.918. The van der Waals surface area contributed by atoms with Crippen LogP contribution in [-0.2, 0) is 7.05 Å². The predicted molar refractivity (Wildman–Crippen MR) is 74.1 cm³/mol. The number of anilines is 1. The Balaban J connectivity index is 2.40. The zero-order valence-corrected chi connectivity index (χ0v) is 11.1. The molecule has 0 aliphatic carbocycles. The van der Waals surface area contributed by atoms with Gasteiger partial charge in [0.25, 0.3) is 0 Å². The number of aryl methyl sites for hydroxylation is 1. The van der Waals surface area contributed by atoms with Gasteiger partial charge in [0.05, 0.1) is 0 Å². The van der Waals surface area contributed by atoms with Crippen molar-refractivity contribution in [3.8, 4) is 23.5 Å². The van der Waals surface area contributed by atoms with Crippen molar-refractivity contribution in [3.05, 3.63) is 41.9 Å². The van der Waals surface area contributed by atoms with Gasteiger partial charge in [-0.1, -0.05) is 12.1 Å². The summed E-state index contributed by atoms with van der Waals surface area (Å²) in [6.45, 7) is 1.94. The first-order valence-electron chi connectivity index (χ1n) is 5.88. The van der Waals surface area contributed by atoms with Gasteiger partial charge >= 0.3 is 0 Å². The van der Waals surface area contributed by atoms with E-state index in [0.29, 0.717) is 0 Å². The quantitative estimate of drug-likeness (QED) is 0.857. The van der Waals surface area contributed by atoms with E-state index in [9.17, 15) is 0 Å². The number of nitriles is 2. The molecule has 0 saturated heterocycles. The van der Waals surface area contributed by atoms with Crippen LogP contribution in [0.1, 0.15) is 5.56 Å². The average Bonchev–Trinajstić information content (AvgIpc) is 2.87. The van der Waals surface area contributed by atoms with Crippen LogP contribution in [0.3, 0.4) is 0 Å². The van der Waals surface area contributed by atoms with Crippen LogP contribution in [0.5, 0.6) is 0 Å². The van der Waals surface area contributed by atoms with Gasteiger partial charge in [-0.2, -0.15) is 10.5 Å². The van der Waals surface area contributed by atoms with Crippen molar-refractivity contribution < 1.29 is 0 Å². The molecule has 0 unspecified atom stereocenters. The second-order valence-electron chi connectivity index (χ2n) is 4.17. The van der Waals surface area contributed by atoms with Crippen molar-refractivity contribution in [2.75, 3.05) is 5.32 Å². The van der Waals surface area contributed by atoms with Gasteiger partial charge < -0.3 is 9.88 Å². The maximum absolute atomic E-state index is 8.71. The number of benzene rings is 1. The fraction of sp³-hybridized carbons (Fsp3) is 0.143. The Hall–Kier alpha value is -3.12. The summed E-state index contributed by atoms with van der Waals surface area (Å²) in [4.78, 5) is 0. The number of allylic oxidation sites excluding steroid dienone is 1. The van der Waals surface area contributed by atoms with Crippen LogP contribution < -0.4 is 5.32 Å². The molecule has 0 fully saturated rings. The van der Waals surface area contributed by atoms with Crippen molar-refractivity contribution in [2.24, 2.45) is 7.05 Å². The summed E-state index contributed by atoms with van der Waals surface area (Å²) in [5.41, 5.74) is 2.75. The first-order valence-corrected chi connectivity index (χ1v) is 5.88. The molecule has 2 aromatic rings. The third-order valence-electron chi connectivity index (χ3n) is 2.90. The Morgan fingerprint density at radius 2 is 2.10 bits per heavy atom. The van der Waals surface area contributed by atoms with Crippen LogP contribution in [0.2, 0.25) is 0 Å². The molecule has 0 amide bonds. The summed E-state index contributed by atoms with van der Waals surface area (Å²) < 4.78 is 1.83. The van der Waals surface area contributed by atoms with Gasteiger partial charge in [0, 0.05) is 24.5 Å². The molecule has 98 valence electrons. The monoisotopic (exact) mass is 264 g/mol. The molecule has 1 heterocycles. The van der Waals surface area contributed by atoms with Crippen LogP contribution in [0.4, 0.5) is 5.69 Å². The van der Waals surface area contributed by atoms with Gasteiger partial charge in [0.15, 0.2) is 5.82 Å². The van der Waals surface area contributed by atoms with Crippen molar-refractivity contribution in [1.29, 1.82) is 10.5 Å². The van der Waals surface area contributed by atoms with Gasteiger partial charge in [-0.25, -0.2) is 0 Å². The number of hydrogen-bond acceptors (Lipinski definition) is 5. The van der Waals surface area contributed by atoms with Gasteiger partial charge in [-0.15, -0.1) is 10.2 Å². The van der Waals surface area contributed by atoms with E-state index in [2.05, 4.69) is 15.5 Å². The zero-order chi connectivity index (χ0) is 14.5. The van der Waals surface area contributed by atoms with Gasteiger partial charge in [-0.3, -0.25) is 0 Å². The molecule has 0 aliphatic rings. The molecule has 6 nitrogen and oxygen atoms in total. The lowest BCUT2D eigenvalue weighted by Gasteiger charge is -2.10. The average molecular weight is 264 g/mol. The van der Waals surface area contributed by atoms with Crippen molar-refractivity contribution >= 4 is 5.69 Å². The third kappa shape index (κ3) is 2.50. The lowest BCUT2D eigenvalue weighted by atomic mass is 10.1. The molecule has 0 atom stereocenters. The fourth-order valence-electron chi connectivity index (χ4n) is 1.80. The molecule has 0 saturated carbocycles. The van der Waals surface area contributed by atoms with E-state index in [4.69, 9.17) is 10.5 Å². The minimum atomic E-state index is 0.0217. The Kier molecular flexibility index (Phi) is 3.78. The normalized spacial score (nSPS) is 9.40. The van der Waals surface area contributed by atoms with Crippen LogP contribution in [-0.4, -0.2) is 14.8 Å². The maximum atomic E-state index is 8.71. The molecule has 1 aromatic heterocycles. The van der Waals surface area contributed by atoms with E-state index in [-0.39, 0.29) is 5.57 Å². The van der Waals surface area contributed by atoms with E-state index in [0.717, 1.165) is 22.6 Å². The topological polar surface area (TPSA) is 90.3 Å². The SMILES string of the molecule is Cc1c(NC=C(C#N)C#N)cccc1-c1nncn1C. The maximum Gasteiger partial charge on any atom is 0.163 e. The van der Waals surface area contributed by atoms with Crippen molar-refractivity contribution in [2.45, 2.75) is 6.92 Å². The summed E-state index contributed by atoms with van der Waals surface area (Å²) in [7, 11) is 1.87. The molecular formula is C14H12N6. The largest absolute Gasteiger partial charge is 0.360 e. The molecule has 0 aliphatic heterocycles. The van der Waals surface area contributed by atoms with Crippen LogP contribution in [0.15, 0.2) is 36.3 Å². The van der Waals surface area contributed by atoms with E-state index in [1.807, 2.05) is 36.7 Å². The minimum absolute atomic E-state index is 0.0217. The summed E-state index contributed by atoms with van der Waals surface area (Å²) in [6, 6.07) is 9.31. The van der Waals surface area contributed by atoms with E-state index in [1.54, 1.807) is 18.5 Å². The molecule has 0 radical (unpaired) electrons. The number of rotatable bonds is 3. The molecule has 6 heteroatoms. The highest BCUT2D eigenvalue weighted by atomic mass is 15.2. The highest BCUT2D eigenvalue weighted by Gasteiger charge is 2.10. The Bertz CT molecular complexity index is 726. The third-order valence-corrected chi connectivity index (χ3v) is 2.90. The van der Waals surface area contributed by atoms with Gasteiger partial charge in [-0.05, 0) is 18.6 Å². The second kappa shape index (κ2) is 5.68. The number of hydrogen-bond donors (Lipinski definition) is 1. The summed E-state index contributed by atoms with van der Waals surface area (Å²) in [5.74, 6) is 0.760. The Morgan fingerprint density at radius 1 is 1.35 bits per heavy atom. The van der Waals surface area contributed by atoms with E-state index >= 15 is 0 Å². The molecule has 2 rings (SSSR count). The Morgan fingerprint density at radius 3 is 2.70 bits per heavy atom. The molecule has 0 bridgehead atoms. The highest BCUT2D eigenvalue weighted by molar-refractivity contribution is 5.70. The minimum Gasteiger partial charge on any atom is -0.360 e. The predicted octanol–water partition coefficient (Wildman–Crippen LogP) is 2.13. The van der Waals surface area contributed by atoms with Crippen molar-refractivity contribution in [3.63, 3.8) is 0 Å². The molecule has 0 spiro atoms. The summed E-state index contributed by atoms with van der Waals surface area (Å²) in [5, 5.41) is 28.3. The van der Waals surface area contributed by atoms with Gasteiger partial charge in [0.2, 0.25) is 0 Å². The number of nitrogens with one attached hydrogen (secondary N) is 1. The molecule has 1 N–H and O–H groups in total. The molecule has 1 aromatic carbocycles. The van der Waals surface area contributed by atoms with Crippen LogP contribution in [0, 0.1) is 29.6 Å². The highest BCUT2D eigenvalue weighted by Crippen LogP contribution is 2.26. The lowest BCUT2D eigenvalue weighted by Crippen LogP contribution is -1.98. The standard InChI is InChI=1S/C14H12N6/c1-10-12(14-19-18-9-20(14)2)4-3-5-13(10)17-8-11(6-15)7-16/h3-5,8-9,17H,1-2H3. The summed E-state index contributed by atoms with van der Waals surface area (Å²) in [6.07, 6.45) is 3.03.